The zero-order valence-corrected chi connectivity index (χ0v) is 39.2. The third-order valence-corrected chi connectivity index (χ3v) is 15.7. The molecular formula is C63H39N5S2. The van der Waals surface area contributed by atoms with Crippen LogP contribution in [0.15, 0.2) is 237 Å². The van der Waals surface area contributed by atoms with Crippen LogP contribution in [0.1, 0.15) is 0 Å². The lowest BCUT2D eigenvalue weighted by Crippen LogP contribution is -1.97. The van der Waals surface area contributed by atoms with E-state index >= 15 is 0 Å². The molecule has 0 N–H and O–H groups in total. The van der Waals surface area contributed by atoms with E-state index in [-0.39, 0.29) is 0 Å². The van der Waals surface area contributed by atoms with Gasteiger partial charge in [0.15, 0.2) is 0 Å². The number of hydrogen-bond donors (Lipinski definition) is 0. The predicted molar refractivity (Wildman–Crippen MR) is 294 cm³/mol. The monoisotopic (exact) mass is 929 g/mol. The van der Waals surface area contributed by atoms with Crippen LogP contribution in [-0.2, 0) is 0 Å². The van der Waals surface area contributed by atoms with Gasteiger partial charge in [-0.3, -0.25) is 9.13 Å². The average molecular weight is 930 g/mol. The zero-order chi connectivity index (χ0) is 46.1. The first kappa shape index (κ1) is 40.3. The molecule has 0 fully saturated rings. The molecule has 0 aliphatic heterocycles. The number of para-hydroxylation sites is 6. The maximum atomic E-state index is 5.50. The number of aromatic nitrogens is 5. The van der Waals surface area contributed by atoms with E-state index in [0.29, 0.717) is 0 Å². The highest BCUT2D eigenvalue weighted by atomic mass is 32.1. The van der Waals surface area contributed by atoms with Gasteiger partial charge >= 0.3 is 0 Å². The van der Waals surface area contributed by atoms with Gasteiger partial charge in [-0.1, -0.05) is 170 Å². The van der Waals surface area contributed by atoms with Crippen LogP contribution in [0.25, 0.3) is 131 Å². The first-order valence-electron chi connectivity index (χ1n) is 23.4. The van der Waals surface area contributed by atoms with Crippen molar-refractivity contribution in [2.75, 3.05) is 0 Å². The van der Waals surface area contributed by atoms with E-state index in [1.54, 1.807) is 11.3 Å². The SMILES string of the molecule is c1ccc(-n2c(-c3ccc(-c4ccc(-c5ccc(-c6nc7ccccc7n6-c6ccccc6)cc5)c5sc(-c6ccc(-c7ccc8sc9ccccc9c8c7)cc6)nc45)cc3)nc3ccccc32)cc1. The third kappa shape index (κ3) is 6.78. The summed E-state index contributed by atoms with van der Waals surface area (Å²) in [7, 11) is 0. The van der Waals surface area contributed by atoms with Crippen LogP contribution < -0.4 is 0 Å². The van der Waals surface area contributed by atoms with Crippen molar-refractivity contribution in [1.29, 1.82) is 0 Å². The number of thiophene rings is 1. The second-order valence-corrected chi connectivity index (χ2v) is 19.7. The fourth-order valence-corrected chi connectivity index (χ4v) is 12.2. The molecule has 0 bridgehead atoms. The van der Waals surface area contributed by atoms with Crippen LogP contribution in [-0.4, -0.2) is 24.1 Å². The highest BCUT2D eigenvalue weighted by Crippen LogP contribution is 2.44. The Morgan fingerprint density at radius 1 is 0.314 bits per heavy atom. The van der Waals surface area contributed by atoms with Gasteiger partial charge in [0.25, 0.3) is 0 Å². The Hall–Kier alpha value is -8.75. The summed E-state index contributed by atoms with van der Waals surface area (Å²) in [5.41, 5.74) is 17.3. The molecule has 0 spiro atoms. The highest BCUT2D eigenvalue weighted by molar-refractivity contribution is 7.25. The largest absolute Gasteiger partial charge is 0.292 e. The van der Waals surface area contributed by atoms with Crippen LogP contribution >= 0.6 is 22.7 Å². The molecule has 0 unspecified atom stereocenters. The van der Waals surface area contributed by atoms with Crippen molar-refractivity contribution in [2.24, 2.45) is 0 Å². The van der Waals surface area contributed by atoms with Gasteiger partial charge in [-0.15, -0.1) is 22.7 Å². The maximum absolute atomic E-state index is 5.50. The Bertz CT molecular complexity index is 4060. The maximum Gasteiger partial charge on any atom is 0.145 e. The van der Waals surface area contributed by atoms with Crippen molar-refractivity contribution in [3.63, 3.8) is 0 Å². The lowest BCUT2D eigenvalue weighted by molar-refractivity contribution is 1.10. The molecule has 0 saturated carbocycles. The van der Waals surface area contributed by atoms with E-state index in [1.165, 1.54) is 31.3 Å². The van der Waals surface area contributed by atoms with Gasteiger partial charge in [-0.2, -0.15) is 0 Å². The number of fused-ring (bicyclic) bond motifs is 6. The van der Waals surface area contributed by atoms with Crippen molar-refractivity contribution in [3.05, 3.63) is 237 Å². The molecule has 0 saturated heterocycles. The van der Waals surface area contributed by atoms with Crippen LogP contribution in [0.2, 0.25) is 0 Å². The summed E-state index contributed by atoms with van der Waals surface area (Å²) in [5.74, 6) is 1.82. The molecular weight excluding hydrogens is 891 g/mol. The Balaban J connectivity index is 0.870. The summed E-state index contributed by atoms with van der Waals surface area (Å²) in [4.78, 5) is 15.8. The lowest BCUT2D eigenvalue weighted by atomic mass is 9.97. The van der Waals surface area contributed by atoms with E-state index in [2.05, 4.69) is 234 Å². The minimum atomic E-state index is 0.908. The molecule has 0 atom stereocenters. The van der Waals surface area contributed by atoms with Gasteiger partial charge in [-0.05, 0) is 89.0 Å². The molecule has 328 valence electrons. The second-order valence-electron chi connectivity index (χ2n) is 17.6. The molecule has 14 rings (SSSR count). The fourth-order valence-electron chi connectivity index (χ4n) is 10.0. The van der Waals surface area contributed by atoms with E-state index in [1.807, 2.05) is 23.5 Å². The summed E-state index contributed by atoms with van der Waals surface area (Å²) in [6.07, 6.45) is 0. The Morgan fingerprint density at radius 2 is 0.786 bits per heavy atom. The number of nitrogens with zero attached hydrogens (tertiary/aromatic N) is 5. The van der Waals surface area contributed by atoms with Crippen molar-refractivity contribution in [3.8, 4) is 78.1 Å². The molecule has 0 amide bonds. The number of benzene rings is 10. The summed E-state index contributed by atoms with van der Waals surface area (Å²) < 4.78 is 8.28. The van der Waals surface area contributed by atoms with Crippen LogP contribution in [0, 0.1) is 0 Å². The Morgan fingerprint density at radius 3 is 1.41 bits per heavy atom. The quantitative estimate of drug-likeness (QED) is 0.153. The minimum absolute atomic E-state index is 0.908. The Kier molecular flexibility index (Phi) is 9.50. The smallest absolute Gasteiger partial charge is 0.145 e. The molecule has 0 aliphatic carbocycles. The number of rotatable bonds is 8. The van der Waals surface area contributed by atoms with Crippen LogP contribution in [0.4, 0.5) is 0 Å². The van der Waals surface area contributed by atoms with E-state index in [4.69, 9.17) is 15.0 Å². The highest BCUT2D eigenvalue weighted by Gasteiger charge is 2.20. The van der Waals surface area contributed by atoms with Crippen LogP contribution in [0.5, 0.6) is 0 Å². The molecule has 0 radical (unpaired) electrons. The van der Waals surface area contributed by atoms with Gasteiger partial charge < -0.3 is 0 Å². The molecule has 4 aromatic heterocycles. The number of thiazole rings is 1. The normalized spacial score (nSPS) is 11.7. The van der Waals surface area contributed by atoms with E-state index < -0.39 is 0 Å². The second kappa shape index (κ2) is 16.5. The van der Waals surface area contributed by atoms with Crippen molar-refractivity contribution in [1.82, 2.24) is 24.1 Å². The summed E-state index contributed by atoms with van der Waals surface area (Å²) in [6, 6.07) is 84.3. The Labute approximate surface area is 411 Å². The average Bonchev–Trinajstić information content (AvgIpc) is 4.23. The molecule has 14 aromatic rings. The first-order chi connectivity index (χ1) is 34.7. The molecule has 10 aromatic carbocycles. The number of imidazole rings is 2. The predicted octanol–water partition coefficient (Wildman–Crippen LogP) is 17.3. The van der Waals surface area contributed by atoms with E-state index in [9.17, 15) is 0 Å². The number of hydrogen-bond acceptors (Lipinski definition) is 5. The van der Waals surface area contributed by atoms with Crippen molar-refractivity contribution >= 4 is 75.1 Å². The fraction of sp³-hybridized carbons (Fsp3) is 0. The van der Waals surface area contributed by atoms with Crippen LogP contribution in [0.3, 0.4) is 0 Å². The summed E-state index contributed by atoms with van der Waals surface area (Å²) >= 11 is 3.60. The lowest BCUT2D eigenvalue weighted by Gasteiger charge is -2.12. The summed E-state index contributed by atoms with van der Waals surface area (Å²) in [5, 5.41) is 3.60. The molecule has 70 heavy (non-hydrogen) atoms. The van der Waals surface area contributed by atoms with Gasteiger partial charge in [0.1, 0.15) is 16.7 Å². The van der Waals surface area contributed by atoms with E-state index in [0.717, 1.165) is 99.3 Å². The minimum Gasteiger partial charge on any atom is -0.292 e. The van der Waals surface area contributed by atoms with Gasteiger partial charge in [0.2, 0.25) is 0 Å². The molecule has 0 aliphatic rings. The first-order valence-corrected chi connectivity index (χ1v) is 25.0. The van der Waals surface area contributed by atoms with Gasteiger partial charge in [-0.25, -0.2) is 15.0 Å². The molecule has 7 heteroatoms. The van der Waals surface area contributed by atoms with Gasteiger partial charge in [0.05, 0.1) is 32.3 Å². The molecule has 5 nitrogen and oxygen atoms in total. The summed E-state index contributed by atoms with van der Waals surface area (Å²) in [6.45, 7) is 0. The van der Waals surface area contributed by atoms with Gasteiger partial charge in [0, 0.05) is 59.4 Å². The van der Waals surface area contributed by atoms with Crippen molar-refractivity contribution in [2.45, 2.75) is 0 Å². The topological polar surface area (TPSA) is 48.5 Å². The molecule has 4 heterocycles. The van der Waals surface area contributed by atoms with Crippen molar-refractivity contribution < 1.29 is 0 Å². The standard InChI is InChI=1S/C63H39N5S2/c1-3-13-47(14-4-1)67-55-20-10-8-18-53(55)64-61(67)43-29-25-41(26-30-43)49-36-37-50(42-27-31-44(32-28-42)62-65-54-19-9-11-21-56(54)68(62)48-15-5-2-6-16-48)60-59(49)66-63(70-60)45-33-23-40(24-34-45)46-35-38-58-52(39-46)51-17-7-12-22-57(51)69-58/h1-39H. The zero-order valence-electron chi connectivity index (χ0n) is 37.6. The third-order valence-electron chi connectivity index (χ3n) is 13.4.